The van der Waals surface area contributed by atoms with Crippen molar-refractivity contribution in [3.05, 3.63) is 82.2 Å². The van der Waals surface area contributed by atoms with Gasteiger partial charge in [-0.1, -0.05) is 35.5 Å². The third-order valence-electron chi connectivity index (χ3n) is 4.75. The van der Waals surface area contributed by atoms with Crippen LogP contribution < -0.4 is 0 Å². The summed E-state index contributed by atoms with van der Waals surface area (Å²) in [6, 6.07) is 12.4. The highest BCUT2D eigenvalue weighted by molar-refractivity contribution is 7.98. The van der Waals surface area contributed by atoms with Crippen LogP contribution in [0.25, 0.3) is 0 Å². The number of carbonyl (C=O) groups is 1. The molecule has 158 valence electrons. The van der Waals surface area contributed by atoms with Crippen molar-refractivity contribution in [2.75, 3.05) is 7.05 Å². The van der Waals surface area contributed by atoms with E-state index in [1.165, 1.54) is 41.9 Å². The van der Waals surface area contributed by atoms with E-state index < -0.39 is 11.7 Å². The van der Waals surface area contributed by atoms with Crippen LogP contribution in [0, 0.1) is 13.8 Å². The van der Waals surface area contributed by atoms with Crippen LogP contribution in [-0.2, 0) is 18.5 Å². The molecule has 3 aromatic rings. The monoisotopic (exact) mass is 434 g/mol. The molecule has 2 aromatic carbocycles. The summed E-state index contributed by atoms with van der Waals surface area (Å²) in [6.45, 7) is 3.55. The lowest BCUT2D eigenvalue weighted by Crippen LogP contribution is -2.28. The van der Waals surface area contributed by atoms with Gasteiger partial charge >= 0.3 is 6.18 Å². The lowest BCUT2D eigenvalue weighted by Gasteiger charge is -2.21. The Morgan fingerprint density at radius 2 is 1.77 bits per heavy atom. The normalized spacial score (nSPS) is 11.5. The largest absolute Gasteiger partial charge is 0.416 e. The van der Waals surface area contributed by atoms with Gasteiger partial charge in [-0.2, -0.15) is 13.2 Å². The molecule has 3 rings (SSSR count). The first kappa shape index (κ1) is 22.0. The van der Waals surface area contributed by atoms with Gasteiger partial charge in [-0.25, -0.2) is 0 Å². The third-order valence-corrected chi connectivity index (χ3v) is 5.85. The van der Waals surface area contributed by atoms with Gasteiger partial charge in [0.1, 0.15) is 5.76 Å². The summed E-state index contributed by atoms with van der Waals surface area (Å²) in [5, 5.41) is 3.93. The zero-order valence-corrected chi connectivity index (χ0v) is 17.6. The molecule has 0 spiro atoms. The molecule has 0 aliphatic rings. The Morgan fingerprint density at radius 1 is 1.10 bits per heavy atom. The van der Waals surface area contributed by atoms with Gasteiger partial charge in [0, 0.05) is 29.8 Å². The van der Waals surface area contributed by atoms with Crippen molar-refractivity contribution in [3.63, 3.8) is 0 Å². The second kappa shape index (κ2) is 8.95. The van der Waals surface area contributed by atoms with Crippen molar-refractivity contribution in [2.24, 2.45) is 0 Å². The molecule has 0 radical (unpaired) electrons. The van der Waals surface area contributed by atoms with Crippen LogP contribution >= 0.6 is 11.8 Å². The number of hydrogen-bond acceptors (Lipinski definition) is 4. The van der Waals surface area contributed by atoms with E-state index in [0.29, 0.717) is 11.3 Å². The van der Waals surface area contributed by atoms with Crippen molar-refractivity contribution in [3.8, 4) is 0 Å². The molecule has 8 heteroatoms. The van der Waals surface area contributed by atoms with Crippen LogP contribution in [0.3, 0.4) is 0 Å². The highest BCUT2D eigenvalue weighted by atomic mass is 32.2. The fourth-order valence-corrected chi connectivity index (χ4v) is 4.29. The Kier molecular flexibility index (Phi) is 6.55. The van der Waals surface area contributed by atoms with Gasteiger partial charge in [0.15, 0.2) is 0 Å². The van der Waals surface area contributed by atoms with Crippen molar-refractivity contribution in [1.82, 2.24) is 10.1 Å². The van der Waals surface area contributed by atoms with Crippen LogP contribution in [0.4, 0.5) is 13.2 Å². The average molecular weight is 434 g/mol. The second-order valence-electron chi connectivity index (χ2n) is 6.90. The molecule has 4 nitrogen and oxygen atoms in total. The van der Waals surface area contributed by atoms with Gasteiger partial charge in [0.2, 0.25) is 0 Å². The fourth-order valence-electron chi connectivity index (χ4n) is 3.09. The first-order chi connectivity index (χ1) is 14.2. The number of thioether (sulfide) groups is 1. The number of aryl methyl sites for hydroxylation is 2. The molecule has 1 aromatic heterocycles. The molecule has 1 heterocycles. The summed E-state index contributed by atoms with van der Waals surface area (Å²) >= 11 is 1.47. The number of aromatic nitrogens is 1. The Balaban J connectivity index is 1.79. The van der Waals surface area contributed by atoms with E-state index in [2.05, 4.69) is 5.16 Å². The number of amides is 1. The predicted octanol–water partition coefficient (Wildman–Crippen LogP) is 5.87. The Bertz CT molecular complexity index is 1030. The molecule has 0 fully saturated rings. The molecule has 0 bridgehead atoms. The Hall–Kier alpha value is -2.74. The lowest BCUT2D eigenvalue weighted by atomic mass is 10.1. The SMILES string of the molecule is Cc1noc(C)c1CSc1ccccc1C(=O)N(C)Cc1ccccc1C(F)(F)F. The average Bonchev–Trinajstić information content (AvgIpc) is 3.03. The molecule has 30 heavy (non-hydrogen) atoms. The van der Waals surface area contributed by atoms with Crippen molar-refractivity contribution in [2.45, 2.75) is 37.2 Å². The summed E-state index contributed by atoms with van der Waals surface area (Å²) in [5.41, 5.74) is 1.54. The minimum atomic E-state index is -4.47. The maximum Gasteiger partial charge on any atom is 0.416 e. The summed E-state index contributed by atoms with van der Waals surface area (Å²) in [4.78, 5) is 15.1. The van der Waals surface area contributed by atoms with Crippen LogP contribution in [0.15, 0.2) is 57.9 Å². The highest BCUT2D eigenvalue weighted by Crippen LogP contribution is 2.33. The quantitative estimate of drug-likeness (QED) is 0.455. The van der Waals surface area contributed by atoms with E-state index in [1.54, 1.807) is 12.1 Å². The number of alkyl halides is 3. The van der Waals surface area contributed by atoms with E-state index in [0.717, 1.165) is 28.0 Å². The van der Waals surface area contributed by atoms with Gasteiger partial charge in [0.25, 0.3) is 5.91 Å². The van der Waals surface area contributed by atoms with Crippen molar-refractivity contribution < 1.29 is 22.5 Å². The highest BCUT2D eigenvalue weighted by Gasteiger charge is 2.33. The number of rotatable bonds is 6. The standard InChI is InChI=1S/C22H21F3N2O2S/c1-14-18(15(2)29-26-14)13-30-20-11-7-5-9-17(20)21(28)27(3)12-16-8-4-6-10-19(16)22(23,24)25/h4-11H,12-13H2,1-3H3. The second-order valence-corrected chi connectivity index (χ2v) is 7.92. The first-order valence-electron chi connectivity index (χ1n) is 9.22. The summed E-state index contributed by atoms with van der Waals surface area (Å²) < 4.78 is 45.0. The van der Waals surface area contributed by atoms with Gasteiger partial charge in [-0.3, -0.25) is 4.79 Å². The van der Waals surface area contributed by atoms with E-state index in [-0.39, 0.29) is 18.0 Å². The van der Waals surface area contributed by atoms with Crippen LogP contribution in [0.5, 0.6) is 0 Å². The maximum absolute atomic E-state index is 13.3. The maximum atomic E-state index is 13.3. The molecule has 0 saturated carbocycles. The number of benzene rings is 2. The Morgan fingerprint density at radius 3 is 2.43 bits per heavy atom. The first-order valence-corrected chi connectivity index (χ1v) is 10.2. The smallest absolute Gasteiger partial charge is 0.361 e. The molecule has 0 saturated heterocycles. The van der Waals surface area contributed by atoms with E-state index in [4.69, 9.17) is 4.52 Å². The number of hydrogen-bond donors (Lipinski definition) is 0. The van der Waals surface area contributed by atoms with E-state index in [9.17, 15) is 18.0 Å². The minimum absolute atomic E-state index is 0.0571. The molecule has 0 atom stereocenters. The molecular weight excluding hydrogens is 413 g/mol. The lowest BCUT2D eigenvalue weighted by molar-refractivity contribution is -0.138. The van der Waals surface area contributed by atoms with Crippen molar-refractivity contribution >= 4 is 17.7 Å². The predicted molar refractivity (Wildman–Crippen MR) is 109 cm³/mol. The summed E-state index contributed by atoms with van der Waals surface area (Å²) in [7, 11) is 1.51. The minimum Gasteiger partial charge on any atom is -0.361 e. The fraction of sp³-hybridized carbons (Fsp3) is 0.273. The molecule has 0 aliphatic heterocycles. The number of halogens is 3. The van der Waals surface area contributed by atoms with Gasteiger partial charge < -0.3 is 9.42 Å². The molecule has 0 unspecified atom stereocenters. The summed E-state index contributed by atoms with van der Waals surface area (Å²) in [5.74, 6) is 0.963. The van der Waals surface area contributed by atoms with Crippen LogP contribution in [0.1, 0.15) is 38.5 Å². The summed E-state index contributed by atoms with van der Waals surface area (Å²) in [6.07, 6.45) is -4.47. The van der Waals surface area contributed by atoms with Gasteiger partial charge in [0.05, 0.1) is 16.8 Å². The topological polar surface area (TPSA) is 46.3 Å². The third kappa shape index (κ3) is 4.87. The Labute approximate surface area is 177 Å². The molecule has 0 aliphatic carbocycles. The van der Waals surface area contributed by atoms with E-state index >= 15 is 0 Å². The van der Waals surface area contributed by atoms with Crippen molar-refractivity contribution in [1.29, 1.82) is 0 Å². The molecular formula is C22H21F3N2O2S. The number of nitrogens with zero attached hydrogens (tertiary/aromatic N) is 2. The zero-order valence-electron chi connectivity index (χ0n) is 16.8. The molecule has 0 N–H and O–H groups in total. The molecule has 1 amide bonds. The van der Waals surface area contributed by atoms with E-state index in [1.807, 2.05) is 26.0 Å². The van der Waals surface area contributed by atoms with Crippen LogP contribution in [-0.4, -0.2) is 23.0 Å². The van der Waals surface area contributed by atoms with Gasteiger partial charge in [-0.15, -0.1) is 11.8 Å². The van der Waals surface area contributed by atoms with Crippen LogP contribution in [0.2, 0.25) is 0 Å². The van der Waals surface area contributed by atoms with Gasteiger partial charge in [-0.05, 0) is 37.6 Å². The number of carbonyl (C=O) groups excluding carboxylic acids is 1. The zero-order chi connectivity index (χ0) is 21.9.